The Morgan fingerprint density at radius 1 is 1.40 bits per heavy atom. The molecular formula is C19H27FN2O3. The molecule has 1 saturated carbocycles. The molecule has 0 radical (unpaired) electrons. The molecule has 1 aromatic carbocycles. The SMILES string of the molecule is CCOC1CC(C(=O)N[C@@H]2CNCC[C@@H]2c2ccc(OC)c(F)c2)C1. The average molecular weight is 350 g/mol. The molecule has 1 amide bonds. The number of carbonyl (C=O) groups excluding carboxylic acids is 1. The van der Waals surface area contributed by atoms with Gasteiger partial charge in [0.1, 0.15) is 0 Å². The minimum Gasteiger partial charge on any atom is -0.494 e. The molecule has 0 unspecified atom stereocenters. The third-order valence-corrected chi connectivity index (χ3v) is 5.28. The van der Waals surface area contributed by atoms with Gasteiger partial charge in [0, 0.05) is 31.0 Å². The standard InChI is InChI=1S/C19H27FN2O3/c1-3-25-14-8-13(9-14)19(23)22-17-11-21-7-6-15(17)12-4-5-18(24-2)16(20)10-12/h4-5,10,13-15,17,21H,3,6-9,11H2,1-2H3,(H,22,23)/t13?,14?,15-,17-/m1/s1. The smallest absolute Gasteiger partial charge is 0.223 e. The summed E-state index contributed by atoms with van der Waals surface area (Å²) in [4.78, 5) is 12.5. The topological polar surface area (TPSA) is 59.6 Å². The normalized spacial score (nSPS) is 28.9. The van der Waals surface area contributed by atoms with Crippen molar-refractivity contribution in [2.45, 2.75) is 44.2 Å². The van der Waals surface area contributed by atoms with Crippen LogP contribution in [0.3, 0.4) is 0 Å². The molecule has 1 saturated heterocycles. The van der Waals surface area contributed by atoms with Gasteiger partial charge in [-0.15, -0.1) is 0 Å². The molecule has 0 aromatic heterocycles. The van der Waals surface area contributed by atoms with Crippen LogP contribution in [0, 0.1) is 11.7 Å². The summed E-state index contributed by atoms with van der Waals surface area (Å²) in [6.45, 7) is 4.22. The van der Waals surface area contributed by atoms with E-state index in [9.17, 15) is 9.18 Å². The molecule has 3 rings (SSSR count). The Morgan fingerprint density at radius 3 is 2.88 bits per heavy atom. The highest BCUT2D eigenvalue weighted by atomic mass is 19.1. The number of carbonyl (C=O) groups is 1. The molecular weight excluding hydrogens is 323 g/mol. The maximum absolute atomic E-state index is 14.1. The molecule has 0 bridgehead atoms. The summed E-state index contributed by atoms with van der Waals surface area (Å²) in [5, 5.41) is 6.49. The number of ether oxygens (including phenoxy) is 2. The van der Waals surface area contributed by atoms with Crippen molar-refractivity contribution in [3.63, 3.8) is 0 Å². The van der Waals surface area contributed by atoms with Crippen LogP contribution in [-0.2, 0) is 9.53 Å². The second-order valence-corrected chi connectivity index (χ2v) is 6.85. The largest absolute Gasteiger partial charge is 0.494 e. The molecule has 138 valence electrons. The number of halogens is 1. The summed E-state index contributed by atoms with van der Waals surface area (Å²) in [6, 6.07) is 5.05. The number of hydrogen-bond acceptors (Lipinski definition) is 4. The highest BCUT2D eigenvalue weighted by molar-refractivity contribution is 5.80. The molecule has 5 nitrogen and oxygen atoms in total. The summed E-state index contributed by atoms with van der Waals surface area (Å²) in [5.41, 5.74) is 0.908. The van der Waals surface area contributed by atoms with Crippen LogP contribution in [0.15, 0.2) is 18.2 Å². The minimum atomic E-state index is -0.359. The first-order chi connectivity index (χ1) is 12.1. The van der Waals surface area contributed by atoms with Crippen LogP contribution in [0.2, 0.25) is 0 Å². The van der Waals surface area contributed by atoms with E-state index in [0.717, 1.165) is 31.4 Å². The molecule has 1 aliphatic carbocycles. The molecule has 2 fully saturated rings. The fraction of sp³-hybridized carbons (Fsp3) is 0.632. The Morgan fingerprint density at radius 2 is 2.20 bits per heavy atom. The summed E-state index contributed by atoms with van der Waals surface area (Å²) < 4.78 is 24.6. The van der Waals surface area contributed by atoms with Gasteiger partial charge in [0.2, 0.25) is 5.91 Å². The summed E-state index contributed by atoms with van der Waals surface area (Å²) in [5.74, 6) is 0.112. The van der Waals surface area contributed by atoms with Gasteiger partial charge in [0.05, 0.1) is 13.2 Å². The first-order valence-corrected chi connectivity index (χ1v) is 9.08. The maximum Gasteiger partial charge on any atom is 0.223 e. The van der Waals surface area contributed by atoms with Crippen LogP contribution < -0.4 is 15.4 Å². The molecule has 25 heavy (non-hydrogen) atoms. The fourth-order valence-electron chi connectivity index (χ4n) is 3.77. The summed E-state index contributed by atoms with van der Waals surface area (Å²) in [6.07, 6.45) is 2.67. The zero-order valence-corrected chi connectivity index (χ0v) is 14.9. The zero-order valence-electron chi connectivity index (χ0n) is 14.9. The van der Waals surface area contributed by atoms with Crippen LogP contribution >= 0.6 is 0 Å². The lowest BCUT2D eigenvalue weighted by Gasteiger charge is -2.38. The lowest BCUT2D eigenvalue weighted by Crippen LogP contribution is -2.53. The Kier molecular flexibility index (Phi) is 5.91. The molecule has 0 spiro atoms. The van der Waals surface area contributed by atoms with Crippen molar-refractivity contribution in [1.82, 2.24) is 10.6 Å². The number of benzene rings is 1. The number of methoxy groups -OCH3 is 1. The van der Waals surface area contributed by atoms with E-state index in [1.54, 1.807) is 6.07 Å². The molecule has 2 aliphatic rings. The van der Waals surface area contributed by atoms with Gasteiger partial charge < -0.3 is 20.1 Å². The van der Waals surface area contributed by atoms with Crippen molar-refractivity contribution in [3.05, 3.63) is 29.6 Å². The molecule has 1 aromatic rings. The highest BCUT2D eigenvalue weighted by Crippen LogP contribution is 2.32. The lowest BCUT2D eigenvalue weighted by atomic mass is 9.80. The van der Waals surface area contributed by atoms with Gasteiger partial charge in [-0.3, -0.25) is 4.79 Å². The molecule has 1 heterocycles. The first-order valence-electron chi connectivity index (χ1n) is 9.08. The first kappa shape index (κ1) is 18.1. The van der Waals surface area contributed by atoms with E-state index in [1.165, 1.54) is 13.2 Å². The van der Waals surface area contributed by atoms with Gasteiger partial charge in [-0.05, 0) is 50.4 Å². The second-order valence-electron chi connectivity index (χ2n) is 6.85. The van der Waals surface area contributed by atoms with E-state index in [4.69, 9.17) is 9.47 Å². The number of hydrogen-bond donors (Lipinski definition) is 2. The molecule has 6 heteroatoms. The van der Waals surface area contributed by atoms with Crippen molar-refractivity contribution in [3.8, 4) is 5.75 Å². The zero-order chi connectivity index (χ0) is 17.8. The molecule has 2 atom stereocenters. The van der Waals surface area contributed by atoms with Gasteiger partial charge in [-0.25, -0.2) is 4.39 Å². The van der Waals surface area contributed by atoms with Crippen molar-refractivity contribution in [2.75, 3.05) is 26.8 Å². The van der Waals surface area contributed by atoms with E-state index < -0.39 is 0 Å². The Balaban J connectivity index is 1.63. The Hall–Kier alpha value is -1.66. The third-order valence-electron chi connectivity index (χ3n) is 5.28. The average Bonchev–Trinajstić information content (AvgIpc) is 2.58. The van der Waals surface area contributed by atoms with Crippen molar-refractivity contribution < 1.29 is 18.7 Å². The number of nitrogens with one attached hydrogen (secondary N) is 2. The predicted octanol–water partition coefficient (Wildman–Crippen LogP) is 2.21. The van der Waals surface area contributed by atoms with Crippen LogP contribution in [0.4, 0.5) is 4.39 Å². The Bertz CT molecular complexity index is 604. The van der Waals surface area contributed by atoms with Gasteiger partial charge in [0.15, 0.2) is 11.6 Å². The third kappa shape index (κ3) is 4.12. The van der Waals surface area contributed by atoms with Crippen molar-refractivity contribution in [1.29, 1.82) is 0 Å². The van der Waals surface area contributed by atoms with Gasteiger partial charge in [-0.2, -0.15) is 0 Å². The van der Waals surface area contributed by atoms with Gasteiger partial charge in [-0.1, -0.05) is 6.07 Å². The van der Waals surface area contributed by atoms with Crippen LogP contribution in [0.5, 0.6) is 5.75 Å². The summed E-state index contributed by atoms with van der Waals surface area (Å²) in [7, 11) is 1.46. The van der Waals surface area contributed by atoms with E-state index in [2.05, 4.69) is 10.6 Å². The minimum absolute atomic E-state index is 0.0276. The molecule has 2 N–H and O–H groups in total. The van der Waals surface area contributed by atoms with Crippen molar-refractivity contribution >= 4 is 5.91 Å². The van der Waals surface area contributed by atoms with E-state index in [0.29, 0.717) is 13.2 Å². The fourth-order valence-corrected chi connectivity index (χ4v) is 3.77. The van der Waals surface area contributed by atoms with E-state index >= 15 is 0 Å². The highest BCUT2D eigenvalue weighted by Gasteiger charge is 2.37. The summed E-state index contributed by atoms with van der Waals surface area (Å²) >= 11 is 0. The molecule has 1 aliphatic heterocycles. The van der Waals surface area contributed by atoms with Crippen LogP contribution in [0.1, 0.15) is 37.7 Å². The Labute approximate surface area is 148 Å². The lowest BCUT2D eigenvalue weighted by molar-refractivity contribution is -0.134. The van der Waals surface area contributed by atoms with Crippen LogP contribution in [0.25, 0.3) is 0 Å². The van der Waals surface area contributed by atoms with Crippen LogP contribution in [-0.4, -0.2) is 44.9 Å². The second kappa shape index (κ2) is 8.15. The van der Waals surface area contributed by atoms with E-state index in [1.807, 2.05) is 13.0 Å². The number of rotatable bonds is 6. The monoisotopic (exact) mass is 350 g/mol. The van der Waals surface area contributed by atoms with Crippen molar-refractivity contribution in [2.24, 2.45) is 5.92 Å². The number of piperidine rings is 1. The van der Waals surface area contributed by atoms with E-state index in [-0.39, 0.29) is 41.5 Å². The van der Waals surface area contributed by atoms with Gasteiger partial charge >= 0.3 is 0 Å². The maximum atomic E-state index is 14.1. The quantitative estimate of drug-likeness (QED) is 0.826. The van der Waals surface area contributed by atoms with Gasteiger partial charge in [0.25, 0.3) is 0 Å². The number of amides is 1. The predicted molar refractivity (Wildman–Crippen MR) is 93.2 cm³/mol.